The number of likely N-dealkylation sites (tertiary alicyclic amines) is 1. The summed E-state index contributed by atoms with van der Waals surface area (Å²) in [6, 6.07) is 8.40. The van der Waals surface area contributed by atoms with E-state index in [1.54, 1.807) is 30.0 Å². The average molecular weight is 598 g/mol. The van der Waals surface area contributed by atoms with Crippen molar-refractivity contribution in [3.8, 4) is 23.2 Å². The summed E-state index contributed by atoms with van der Waals surface area (Å²) in [5.74, 6) is -0.655. The maximum atomic E-state index is 15.7. The van der Waals surface area contributed by atoms with E-state index in [9.17, 15) is 23.2 Å². The minimum Gasteiger partial charge on any atom is -0.477 e. The van der Waals surface area contributed by atoms with E-state index in [-0.39, 0.29) is 60.8 Å². The first-order chi connectivity index (χ1) is 20.6. The molecule has 5 rings (SSSR count). The van der Waals surface area contributed by atoms with E-state index in [0.717, 1.165) is 19.0 Å². The molecule has 0 aromatic carbocycles. The van der Waals surface area contributed by atoms with Crippen LogP contribution < -0.4 is 15.0 Å². The number of nitrogens with one attached hydrogen (secondary N) is 1. The van der Waals surface area contributed by atoms with Crippen LogP contribution in [0, 0.1) is 17.1 Å². The summed E-state index contributed by atoms with van der Waals surface area (Å²) in [5, 5.41) is 12.7. The van der Waals surface area contributed by atoms with Gasteiger partial charge in [-0.3, -0.25) is 9.78 Å². The SMILES string of the molecule is CCOc1ncccc1-c1ncc(C2(C(=O)N[C@H]3CCN(C)C3)CCN(c3ccc(C(F)(F)F)nc3C#N)CC2)cc1F. The van der Waals surface area contributed by atoms with E-state index in [0.29, 0.717) is 24.3 Å². The molecule has 2 aliphatic rings. The minimum atomic E-state index is -4.68. The van der Waals surface area contributed by atoms with Gasteiger partial charge < -0.3 is 19.9 Å². The molecule has 226 valence electrons. The second kappa shape index (κ2) is 12.1. The predicted molar refractivity (Wildman–Crippen MR) is 150 cm³/mol. The predicted octanol–water partition coefficient (Wildman–Crippen LogP) is 4.33. The number of nitriles is 1. The standard InChI is InChI=1S/C30H31F4N7O2/c1-3-43-27-21(5-4-11-36-27)26-22(31)15-19(17-37-26)29(28(42)38-20-8-12-40(2)18-20)9-13-41(14-10-29)24-6-7-25(30(32,33)34)39-23(24)16-35/h4-7,11,15,17,20H,3,8-10,12-14,18H2,1-2H3,(H,38,42)/t20-/m0/s1. The van der Waals surface area contributed by atoms with Crippen LogP contribution in [0.2, 0.25) is 0 Å². The summed E-state index contributed by atoms with van der Waals surface area (Å²) in [7, 11) is 1.97. The molecule has 2 fully saturated rings. The number of hydrogen-bond donors (Lipinski definition) is 1. The molecular formula is C30H31F4N7O2. The van der Waals surface area contributed by atoms with Gasteiger partial charge >= 0.3 is 6.18 Å². The summed E-state index contributed by atoms with van der Waals surface area (Å²) >= 11 is 0. The van der Waals surface area contributed by atoms with E-state index in [2.05, 4.69) is 25.2 Å². The molecule has 0 saturated carbocycles. The van der Waals surface area contributed by atoms with Crippen LogP contribution in [0.15, 0.2) is 42.7 Å². The molecule has 5 heterocycles. The topological polar surface area (TPSA) is 107 Å². The Morgan fingerprint density at radius 1 is 1.21 bits per heavy atom. The number of likely N-dealkylation sites (N-methyl/N-ethyl adjacent to an activating group) is 1. The third kappa shape index (κ3) is 6.10. The Labute approximate surface area is 246 Å². The number of anilines is 1. The average Bonchev–Trinajstić information content (AvgIpc) is 3.41. The molecule has 0 radical (unpaired) electrons. The smallest absolute Gasteiger partial charge is 0.433 e. The number of alkyl halides is 3. The van der Waals surface area contributed by atoms with Crippen molar-refractivity contribution in [3.63, 3.8) is 0 Å². The number of pyridine rings is 3. The van der Waals surface area contributed by atoms with Crippen molar-refractivity contribution in [2.45, 2.75) is 43.8 Å². The number of carbonyl (C=O) groups excluding carboxylic acids is 1. The Bertz CT molecular complexity index is 1530. The van der Waals surface area contributed by atoms with E-state index in [4.69, 9.17) is 4.74 Å². The highest BCUT2D eigenvalue weighted by Gasteiger charge is 2.45. The number of aromatic nitrogens is 3. The number of carbonyl (C=O) groups is 1. The fraction of sp³-hybridized carbons (Fsp3) is 0.433. The van der Waals surface area contributed by atoms with Gasteiger partial charge in [0.25, 0.3) is 0 Å². The lowest BCUT2D eigenvalue weighted by Crippen LogP contribution is -2.54. The van der Waals surface area contributed by atoms with E-state index < -0.39 is 23.1 Å². The Hall–Kier alpha value is -4.31. The molecule has 0 spiro atoms. The molecule has 1 atom stereocenters. The summed E-state index contributed by atoms with van der Waals surface area (Å²) in [6.07, 6.45) is -0.443. The van der Waals surface area contributed by atoms with Crippen LogP contribution in [-0.2, 0) is 16.4 Å². The van der Waals surface area contributed by atoms with Crippen LogP contribution in [0.25, 0.3) is 11.3 Å². The minimum absolute atomic E-state index is 0.0419. The first-order valence-electron chi connectivity index (χ1n) is 14.0. The number of ether oxygens (including phenoxy) is 1. The fourth-order valence-corrected chi connectivity index (χ4v) is 5.82. The summed E-state index contributed by atoms with van der Waals surface area (Å²) < 4.78 is 60.9. The monoisotopic (exact) mass is 597 g/mol. The van der Waals surface area contributed by atoms with Crippen LogP contribution >= 0.6 is 0 Å². The van der Waals surface area contributed by atoms with Crippen molar-refractivity contribution in [2.75, 3.05) is 44.7 Å². The van der Waals surface area contributed by atoms with Gasteiger partial charge in [0.1, 0.15) is 23.3 Å². The number of hydrogen-bond acceptors (Lipinski definition) is 8. The van der Waals surface area contributed by atoms with E-state index in [1.807, 2.05) is 7.05 Å². The Morgan fingerprint density at radius 3 is 2.60 bits per heavy atom. The zero-order valence-electron chi connectivity index (χ0n) is 23.8. The molecule has 2 aliphatic heterocycles. The lowest BCUT2D eigenvalue weighted by atomic mass is 9.72. The Kier molecular flexibility index (Phi) is 8.50. The van der Waals surface area contributed by atoms with Crippen molar-refractivity contribution in [1.29, 1.82) is 5.26 Å². The van der Waals surface area contributed by atoms with Crippen LogP contribution in [0.1, 0.15) is 43.1 Å². The van der Waals surface area contributed by atoms with Crippen molar-refractivity contribution < 1.29 is 27.1 Å². The molecule has 0 aliphatic carbocycles. The number of rotatable bonds is 7. The van der Waals surface area contributed by atoms with Crippen LogP contribution in [0.3, 0.4) is 0 Å². The number of halogens is 4. The Balaban J connectivity index is 1.47. The molecule has 0 bridgehead atoms. The summed E-state index contributed by atoms with van der Waals surface area (Å²) in [6.45, 7) is 4.09. The molecule has 3 aromatic rings. The third-order valence-electron chi connectivity index (χ3n) is 8.09. The number of amides is 1. The van der Waals surface area contributed by atoms with Gasteiger partial charge in [0, 0.05) is 38.1 Å². The van der Waals surface area contributed by atoms with Gasteiger partial charge in [0.05, 0.1) is 23.3 Å². The lowest BCUT2D eigenvalue weighted by Gasteiger charge is -2.42. The zero-order chi connectivity index (χ0) is 30.8. The van der Waals surface area contributed by atoms with E-state index >= 15 is 4.39 Å². The maximum absolute atomic E-state index is 15.7. The van der Waals surface area contributed by atoms with Crippen molar-refractivity contribution in [2.24, 2.45) is 0 Å². The highest BCUT2D eigenvalue weighted by Crippen LogP contribution is 2.40. The highest BCUT2D eigenvalue weighted by molar-refractivity contribution is 5.89. The molecular weight excluding hydrogens is 566 g/mol. The molecule has 3 aromatic heterocycles. The number of piperidine rings is 1. The maximum Gasteiger partial charge on any atom is 0.433 e. The third-order valence-corrected chi connectivity index (χ3v) is 8.09. The second-order valence-electron chi connectivity index (χ2n) is 10.8. The van der Waals surface area contributed by atoms with Gasteiger partial charge in [-0.25, -0.2) is 14.4 Å². The van der Waals surface area contributed by atoms with Gasteiger partial charge in [-0.1, -0.05) is 0 Å². The Morgan fingerprint density at radius 2 is 1.98 bits per heavy atom. The largest absolute Gasteiger partial charge is 0.477 e. The fourth-order valence-electron chi connectivity index (χ4n) is 5.82. The van der Waals surface area contributed by atoms with Crippen molar-refractivity contribution in [1.82, 2.24) is 25.2 Å². The lowest BCUT2D eigenvalue weighted by molar-refractivity contribution is -0.141. The van der Waals surface area contributed by atoms with Gasteiger partial charge in [0.2, 0.25) is 11.8 Å². The molecule has 0 unspecified atom stereocenters. The van der Waals surface area contributed by atoms with Gasteiger partial charge in [-0.2, -0.15) is 18.4 Å². The first kappa shape index (κ1) is 30.2. The quantitative estimate of drug-likeness (QED) is 0.402. The van der Waals surface area contributed by atoms with Crippen LogP contribution in [0.5, 0.6) is 5.88 Å². The molecule has 13 heteroatoms. The van der Waals surface area contributed by atoms with Gasteiger partial charge in [0.15, 0.2) is 5.69 Å². The molecule has 1 N–H and O–H groups in total. The van der Waals surface area contributed by atoms with Gasteiger partial charge in [-0.15, -0.1) is 0 Å². The summed E-state index contributed by atoms with van der Waals surface area (Å²) in [5.41, 5.74) is -1.59. The van der Waals surface area contributed by atoms with Crippen LogP contribution in [0.4, 0.5) is 23.2 Å². The van der Waals surface area contributed by atoms with Crippen molar-refractivity contribution in [3.05, 3.63) is 65.5 Å². The summed E-state index contributed by atoms with van der Waals surface area (Å²) in [4.78, 5) is 30.0. The highest BCUT2D eigenvalue weighted by atomic mass is 19.4. The molecule has 2 saturated heterocycles. The normalized spacial score (nSPS) is 18.7. The zero-order valence-corrected chi connectivity index (χ0v) is 23.8. The molecule has 43 heavy (non-hydrogen) atoms. The van der Waals surface area contributed by atoms with Gasteiger partial charge in [-0.05, 0) is 75.7 Å². The second-order valence-corrected chi connectivity index (χ2v) is 10.8. The molecule has 1 amide bonds. The first-order valence-corrected chi connectivity index (χ1v) is 14.0. The van der Waals surface area contributed by atoms with E-state index in [1.165, 1.54) is 24.5 Å². The molecule has 9 nitrogen and oxygen atoms in total. The number of nitrogens with zero attached hydrogens (tertiary/aromatic N) is 6. The van der Waals surface area contributed by atoms with Crippen LogP contribution in [-0.4, -0.2) is 71.6 Å². The van der Waals surface area contributed by atoms with Crippen molar-refractivity contribution >= 4 is 11.6 Å².